The highest BCUT2D eigenvalue weighted by atomic mass is 16.7. The average molecular weight is 952 g/mol. The maximum Gasteiger partial charge on any atom is 0.410 e. The molecule has 0 radical (unpaired) electrons. The van der Waals surface area contributed by atoms with E-state index >= 15 is 0 Å². The Balaban J connectivity index is 0.000000120. The van der Waals surface area contributed by atoms with E-state index in [-0.39, 0.29) is 36.4 Å². The summed E-state index contributed by atoms with van der Waals surface area (Å²) in [6.45, 7) is 20.4. The molecule has 6 atom stereocenters. The van der Waals surface area contributed by atoms with Crippen molar-refractivity contribution in [3.63, 3.8) is 0 Å². The Morgan fingerprint density at radius 3 is 0.957 bits per heavy atom. The van der Waals surface area contributed by atoms with Crippen LogP contribution in [0.1, 0.15) is 152 Å². The van der Waals surface area contributed by atoms with Crippen LogP contribution in [0.2, 0.25) is 0 Å². The minimum Gasteiger partial charge on any atom is -0.454 e. The van der Waals surface area contributed by atoms with Crippen LogP contribution in [0.15, 0.2) is 36.4 Å². The Morgan fingerprint density at radius 2 is 0.696 bits per heavy atom. The number of likely N-dealkylation sites (tertiary alicyclic amines) is 3. The SMILES string of the molecule is CC(C)(C)OC(=O)N1CCC2c3ccc4c(c3CC[C@H]21)OCO4.CC(C)(C)OC(=O)N1CC[C@@H]2c3ccc4c(c3CC[C@H]21)OCO4.CC(C)(C)OC(=O)N1CC[C@H]2c3ccc4c(c3CC[C@@H]21)OCO4. The molecule has 0 saturated carbocycles. The first-order valence-electron chi connectivity index (χ1n) is 25.0. The molecule has 15 heteroatoms. The third kappa shape index (κ3) is 9.26. The van der Waals surface area contributed by atoms with Crippen LogP contribution in [-0.4, -0.2) is 108 Å². The van der Waals surface area contributed by atoms with Crippen LogP contribution in [0, 0.1) is 0 Å². The zero-order valence-corrected chi connectivity index (χ0v) is 41.8. The number of hydrogen-bond acceptors (Lipinski definition) is 12. The fourth-order valence-electron chi connectivity index (χ4n) is 12.2. The van der Waals surface area contributed by atoms with Crippen LogP contribution in [0.4, 0.5) is 14.4 Å². The zero-order chi connectivity index (χ0) is 48.6. The van der Waals surface area contributed by atoms with Crippen molar-refractivity contribution < 1.29 is 57.0 Å². The van der Waals surface area contributed by atoms with E-state index in [1.807, 2.05) is 95.2 Å². The minimum absolute atomic E-state index is 0.186. The second-order valence-electron chi connectivity index (χ2n) is 22.6. The predicted octanol–water partition coefficient (Wildman–Crippen LogP) is 10.4. The number of nitrogens with zero attached hydrogens (tertiary/aromatic N) is 3. The summed E-state index contributed by atoms with van der Waals surface area (Å²) in [5.74, 6) is 6.42. The molecular weight excluding hydrogens is 883 g/mol. The molecule has 3 aromatic rings. The van der Waals surface area contributed by atoms with E-state index in [1.54, 1.807) is 0 Å². The quantitative estimate of drug-likeness (QED) is 0.198. The van der Waals surface area contributed by atoms with Gasteiger partial charge in [-0.2, -0.15) is 0 Å². The normalized spacial score (nSPS) is 25.1. The lowest BCUT2D eigenvalue weighted by Gasteiger charge is -2.34. The second-order valence-corrected chi connectivity index (χ2v) is 22.6. The van der Waals surface area contributed by atoms with Gasteiger partial charge in [0.2, 0.25) is 20.4 Å². The molecule has 12 rings (SSSR count). The first-order chi connectivity index (χ1) is 32.8. The average Bonchev–Trinajstić information content (AvgIpc) is 4.14. The van der Waals surface area contributed by atoms with Crippen LogP contribution in [0.3, 0.4) is 0 Å². The number of amides is 3. The van der Waals surface area contributed by atoms with Gasteiger partial charge in [-0.1, -0.05) is 18.2 Å². The first kappa shape index (κ1) is 47.0. The molecule has 15 nitrogen and oxygen atoms in total. The standard InChI is InChI=1S/3C18H23NO4/c3*1-18(2,3)23-17(20)19-9-8-12-11-5-7-15-16(22-10-21-15)13(11)4-6-14(12)19/h3*5,7,12,14H,4,6,8-10H2,1-3H3/t12?,14-;2*12-,14-/m110/s1. The number of carbonyl (C=O) groups is 3. The molecule has 0 bridgehead atoms. The summed E-state index contributed by atoms with van der Waals surface area (Å²) >= 11 is 0. The van der Waals surface area contributed by atoms with Gasteiger partial charge in [0.25, 0.3) is 0 Å². The van der Waals surface area contributed by atoms with Gasteiger partial charge >= 0.3 is 18.3 Å². The Kier molecular flexibility index (Phi) is 12.2. The predicted molar refractivity (Wildman–Crippen MR) is 255 cm³/mol. The summed E-state index contributed by atoms with van der Waals surface area (Å²) in [6, 6.07) is 13.2. The lowest BCUT2D eigenvalue weighted by molar-refractivity contribution is 0.0199. The number of ether oxygens (including phenoxy) is 9. The topological polar surface area (TPSA) is 144 Å². The number of fused-ring (bicyclic) bond motifs is 15. The van der Waals surface area contributed by atoms with E-state index < -0.39 is 16.8 Å². The summed E-state index contributed by atoms with van der Waals surface area (Å²) in [5, 5.41) is 0. The largest absolute Gasteiger partial charge is 0.454 e. The lowest BCUT2D eigenvalue weighted by Crippen LogP contribution is -2.42. The maximum absolute atomic E-state index is 12.5. The summed E-state index contributed by atoms with van der Waals surface area (Å²) in [4.78, 5) is 43.2. The first-order valence-corrected chi connectivity index (χ1v) is 25.0. The van der Waals surface area contributed by atoms with Gasteiger partial charge < -0.3 is 57.3 Å². The Bertz CT molecular complexity index is 2220. The van der Waals surface area contributed by atoms with Gasteiger partial charge in [-0.15, -0.1) is 0 Å². The number of carbonyl (C=O) groups excluding carboxylic acids is 3. The van der Waals surface area contributed by atoms with E-state index in [4.69, 9.17) is 42.6 Å². The molecule has 6 heterocycles. The van der Waals surface area contributed by atoms with Gasteiger partial charge in [0.1, 0.15) is 16.8 Å². The Morgan fingerprint density at radius 1 is 0.420 bits per heavy atom. The third-order valence-corrected chi connectivity index (χ3v) is 14.8. The van der Waals surface area contributed by atoms with Crippen molar-refractivity contribution in [2.75, 3.05) is 40.0 Å². The third-order valence-electron chi connectivity index (χ3n) is 14.8. The van der Waals surface area contributed by atoms with E-state index in [9.17, 15) is 14.4 Å². The Labute approximate surface area is 405 Å². The summed E-state index contributed by atoms with van der Waals surface area (Å²) in [6.07, 6.45) is 8.01. The van der Waals surface area contributed by atoms with Gasteiger partial charge in [0.15, 0.2) is 34.5 Å². The second kappa shape index (κ2) is 17.9. The zero-order valence-electron chi connectivity index (χ0n) is 41.8. The van der Waals surface area contributed by atoms with Crippen molar-refractivity contribution in [3.8, 4) is 34.5 Å². The molecule has 372 valence electrons. The maximum atomic E-state index is 12.5. The fourth-order valence-corrected chi connectivity index (χ4v) is 12.2. The Hall–Kier alpha value is -5.73. The van der Waals surface area contributed by atoms with Crippen LogP contribution in [0.25, 0.3) is 0 Å². The molecule has 1 unspecified atom stereocenters. The molecule has 6 aliphatic heterocycles. The van der Waals surface area contributed by atoms with E-state index in [0.717, 1.165) is 112 Å². The van der Waals surface area contributed by atoms with E-state index in [2.05, 4.69) is 18.2 Å². The molecule has 3 aliphatic carbocycles. The molecule has 3 amide bonds. The van der Waals surface area contributed by atoms with Crippen molar-refractivity contribution in [1.29, 1.82) is 0 Å². The number of rotatable bonds is 0. The van der Waals surface area contributed by atoms with Crippen molar-refractivity contribution in [2.45, 2.75) is 173 Å². The van der Waals surface area contributed by atoms with Crippen LogP contribution < -0.4 is 28.4 Å². The van der Waals surface area contributed by atoms with Crippen LogP contribution in [-0.2, 0) is 33.5 Å². The lowest BCUT2D eigenvalue weighted by atomic mass is 9.79. The van der Waals surface area contributed by atoms with E-state index in [0.29, 0.717) is 38.1 Å². The smallest absolute Gasteiger partial charge is 0.410 e. The van der Waals surface area contributed by atoms with Gasteiger partial charge in [-0.3, -0.25) is 0 Å². The molecule has 0 spiro atoms. The highest BCUT2D eigenvalue weighted by Crippen LogP contribution is 2.51. The monoisotopic (exact) mass is 951 g/mol. The van der Waals surface area contributed by atoms with E-state index in [1.165, 1.54) is 33.4 Å². The summed E-state index contributed by atoms with van der Waals surface area (Å²) < 4.78 is 50.1. The minimum atomic E-state index is -0.451. The van der Waals surface area contributed by atoms with Crippen molar-refractivity contribution in [1.82, 2.24) is 14.7 Å². The van der Waals surface area contributed by atoms with Gasteiger partial charge in [-0.05, 0) is 155 Å². The molecule has 0 N–H and O–H groups in total. The van der Waals surface area contributed by atoms with Gasteiger partial charge in [0, 0.05) is 72.2 Å². The molecule has 3 saturated heterocycles. The van der Waals surface area contributed by atoms with Crippen LogP contribution in [0.5, 0.6) is 34.5 Å². The highest BCUT2D eigenvalue weighted by molar-refractivity contribution is 5.71. The van der Waals surface area contributed by atoms with Crippen molar-refractivity contribution in [3.05, 3.63) is 69.8 Å². The number of benzene rings is 3. The molecule has 0 aromatic heterocycles. The fraction of sp³-hybridized carbons (Fsp3) is 0.611. The van der Waals surface area contributed by atoms with Crippen molar-refractivity contribution >= 4 is 18.3 Å². The van der Waals surface area contributed by atoms with Gasteiger partial charge in [0.05, 0.1) is 0 Å². The van der Waals surface area contributed by atoms with Crippen molar-refractivity contribution in [2.24, 2.45) is 0 Å². The van der Waals surface area contributed by atoms with Crippen LogP contribution >= 0.6 is 0 Å². The highest BCUT2D eigenvalue weighted by Gasteiger charge is 2.47. The number of hydrogen-bond donors (Lipinski definition) is 0. The molecule has 3 fully saturated rings. The molecule has 69 heavy (non-hydrogen) atoms. The van der Waals surface area contributed by atoms with Gasteiger partial charge in [-0.25, -0.2) is 14.4 Å². The molecular formula is C54H69N3O12. The summed E-state index contributed by atoms with van der Waals surface area (Å²) in [7, 11) is 0. The molecule has 9 aliphatic rings. The summed E-state index contributed by atoms with van der Waals surface area (Å²) in [5.41, 5.74) is 6.41. The molecule has 3 aromatic carbocycles.